The monoisotopic (exact) mass is 413 g/mol. The first-order valence-electron chi connectivity index (χ1n) is 7.57. The molecule has 3 aromatic rings. The highest BCUT2D eigenvalue weighted by molar-refractivity contribution is 6.31. The fourth-order valence-corrected chi connectivity index (χ4v) is 2.39. The zero-order valence-electron chi connectivity index (χ0n) is 13.8. The molecule has 1 radical (unpaired) electrons. The number of amides is 1. The van der Waals surface area contributed by atoms with Crippen LogP contribution in [0.3, 0.4) is 0 Å². The van der Waals surface area contributed by atoms with Crippen molar-refractivity contribution in [1.82, 2.24) is 9.97 Å². The molecule has 3 rings (SSSR count). The molecule has 2 aromatic carbocycles. The fourth-order valence-electron chi connectivity index (χ4n) is 2.21. The van der Waals surface area contributed by atoms with Crippen LogP contribution >= 0.6 is 11.6 Å². The SMILES string of the molecule is NC(=O)c1nc(Nc2ccc(F)c(Cl)c2)c2c[c]c(OCC(F)(F)F)cc2n1. The molecule has 11 heteroatoms. The van der Waals surface area contributed by atoms with E-state index in [9.17, 15) is 22.4 Å². The van der Waals surface area contributed by atoms with E-state index in [0.717, 1.165) is 12.1 Å². The number of aromatic nitrogens is 2. The lowest BCUT2D eigenvalue weighted by molar-refractivity contribution is -0.153. The lowest BCUT2D eigenvalue weighted by atomic mass is 10.2. The molecule has 28 heavy (non-hydrogen) atoms. The number of hydrogen-bond acceptors (Lipinski definition) is 5. The molecule has 0 saturated carbocycles. The highest BCUT2D eigenvalue weighted by Crippen LogP contribution is 2.29. The summed E-state index contributed by atoms with van der Waals surface area (Å²) in [5.74, 6) is -2.09. The maximum atomic E-state index is 13.3. The Labute approximate surface area is 160 Å². The maximum Gasteiger partial charge on any atom is 0.422 e. The number of primary amides is 1. The van der Waals surface area contributed by atoms with Gasteiger partial charge in [0.1, 0.15) is 17.4 Å². The zero-order valence-corrected chi connectivity index (χ0v) is 14.5. The van der Waals surface area contributed by atoms with Crippen molar-refractivity contribution < 1.29 is 27.1 Å². The van der Waals surface area contributed by atoms with E-state index in [2.05, 4.69) is 26.1 Å². The van der Waals surface area contributed by atoms with Gasteiger partial charge in [0.15, 0.2) is 6.61 Å². The van der Waals surface area contributed by atoms with Crippen LogP contribution in [0.4, 0.5) is 29.1 Å². The molecule has 3 N–H and O–H groups in total. The second-order valence-corrected chi connectivity index (χ2v) is 5.92. The minimum atomic E-state index is -4.53. The van der Waals surface area contributed by atoms with Crippen molar-refractivity contribution >= 4 is 39.9 Å². The number of hydrogen-bond donors (Lipinski definition) is 2. The molecule has 0 aliphatic carbocycles. The van der Waals surface area contributed by atoms with Gasteiger partial charge < -0.3 is 15.8 Å². The van der Waals surface area contributed by atoms with Crippen molar-refractivity contribution in [3.8, 4) is 5.75 Å². The van der Waals surface area contributed by atoms with Gasteiger partial charge in [-0.25, -0.2) is 14.4 Å². The molecule has 1 heterocycles. The Hall–Kier alpha value is -3.14. The summed E-state index contributed by atoms with van der Waals surface area (Å²) in [5.41, 5.74) is 5.65. The number of nitrogens with zero attached hydrogens (tertiary/aromatic N) is 2. The molecule has 0 unspecified atom stereocenters. The summed E-state index contributed by atoms with van der Waals surface area (Å²) in [5, 5.41) is 3.00. The van der Waals surface area contributed by atoms with Crippen LogP contribution in [0.25, 0.3) is 10.9 Å². The summed E-state index contributed by atoms with van der Waals surface area (Å²) < 4.78 is 54.9. The van der Waals surface area contributed by atoms with Crippen LogP contribution in [0, 0.1) is 11.9 Å². The van der Waals surface area contributed by atoms with Crippen LogP contribution in [-0.4, -0.2) is 28.7 Å². The highest BCUT2D eigenvalue weighted by Gasteiger charge is 2.28. The Balaban J connectivity index is 2.02. The molecule has 145 valence electrons. The second kappa shape index (κ2) is 7.47. The summed E-state index contributed by atoms with van der Waals surface area (Å²) in [6, 6.07) is 8.78. The van der Waals surface area contributed by atoms with E-state index in [1.807, 2.05) is 0 Å². The average Bonchev–Trinajstić information content (AvgIpc) is 2.62. The Morgan fingerprint density at radius 3 is 2.68 bits per heavy atom. The average molecular weight is 414 g/mol. The summed E-state index contributed by atoms with van der Waals surface area (Å²) >= 11 is 5.74. The van der Waals surface area contributed by atoms with Gasteiger partial charge in [0.05, 0.1) is 10.5 Å². The van der Waals surface area contributed by atoms with Gasteiger partial charge >= 0.3 is 6.18 Å². The van der Waals surface area contributed by atoms with Crippen LogP contribution in [0.2, 0.25) is 5.02 Å². The van der Waals surface area contributed by atoms with Crippen LogP contribution in [-0.2, 0) is 0 Å². The second-order valence-electron chi connectivity index (χ2n) is 5.51. The molecule has 6 nitrogen and oxygen atoms in total. The molecular formula is C17H10ClF4N4O2. The van der Waals surface area contributed by atoms with E-state index in [0.29, 0.717) is 11.1 Å². The van der Waals surface area contributed by atoms with Crippen molar-refractivity contribution in [3.63, 3.8) is 0 Å². The molecule has 1 amide bonds. The number of benzene rings is 2. The molecule has 0 bridgehead atoms. The first kappa shape index (κ1) is 19.6. The smallest absolute Gasteiger partial charge is 0.422 e. The minimum Gasteiger partial charge on any atom is -0.483 e. The predicted molar refractivity (Wildman–Crippen MR) is 93.1 cm³/mol. The maximum absolute atomic E-state index is 13.3. The summed E-state index contributed by atoms with van der Waals surface area (Å²) in [7, 11) is 0. The quantitative estimate of drug-likeness (QED) is 0.617. The molecular weight excluding hydrogens is 404 g/mol. The molecule has 0 aliphatic heterocycles. The van der Waals surface area contributed by atoms with Gasteiger partial charge in [0, 0.05) is 23.2 Å². The number of anilines is 2. The summed E-state index contributed by atoms with van der Waals surface area (Å²) in [6.45, 7) is -1.51. The number of halogens is 5. The Morgan fingerprint density at radius 1 is 1.29 bits per heavy atom. The molecule has 0 atom stereocenters. The van der Waals surface area contributed by atoms with E-state index in [-0.39, 0.29) is 27.9 Å². The third-order valence-corrected chi connectivity index (χ3v) is 3.69. The van der Waals surface area contributed by atoms with Gasteiger partial charge in [-0.15, -0.1) is 0 Å². The van der Waals surface area contributed by atoms with Crippen molar-refractivity contribution in [1.29, 1.82) is 0 Å². The lowest BCUT2D eigenvalue weighted by Gasteiger charge is -2.12. The Bertz CT molecular complexity index is 1060. The van der Waals surface area contributed by atoms with E-state index in [4.69, 9.17) is 17.3 Å². The van der Waals surface area contributed by atoms with Crippen LogP contribution in [0.5, 0.6) is 5.75 Å². The molecule has 0 spiro atoms. The number of ether oxygens (including phenoxy) is 1. The molecule has 1 aromatic heterocycles. The van der Waals surface area contributed by atoms with Crippen molar-refractivity contribution in [2.45, 2.75) is 6.18 Å². The van der Waals surface area contributed by atoms with Gasteiger partial charge in [0.2, 0.25) is 5.82 Å². The fraction of sp³-hybridized carbons (Fsp3) is 0.118. The lowest BCUT2D eigenvalue weighted by Crippen LogP contribution is -2.19. The van der Waals surface area contributed by atoms with E-state index in [1.165, 1.54) is 18.2 Å². The van der Waals surface area contributed by atoms with Crippen molar-refractivity contribution in [2.24, 2.45) is 5.73 Å². The van der Waals surface area contributed by atoms with Crippen LogP contribution in [0.1, 0.15) is 10.6 Å². The third-order valence-electron chi connectivity index (χ3n) is 3.40. The van der Waals surface area contributed by atoms with Crippen molar-refractivity contribution in [2.75, 3.05) is 11.9 Å². The number of nitrogens with one attached hydrogen (secondary N) is 1. The Morgan fingerprint density at radius 2 is 2.04 bits per heavy atom. The standard InChI is InChI=1S/C17H10ClF4N4O2/c18-11-5-8(1-4-12(11)19)24-15-10-3-2-9(28-7-17(20,21)22)6-13(10)25-16(26-15)14(23)27/h1,3-6H,7H2,(H2,23,27)(H,24,25,26). The van der Waals surface area contributed by atoms with E-state index in [1.54, 1.807) is 0 Å². The number of carbonyl (C=O) groups excluding carboxylic acids is 1. The Kier molecular flexibility index (Phi) is 5.23. The van der Waals surface area contributed by atoms with Gasteiger partial charge in [0.25, 0.3) is 5.91 Å². The van der Waals surface area contributed by atoms with Gasteiger partial charge in [-0.05, 0) is 24.3 Å². The van der Waals surface area contributed by atoms with Gasteiger partial charge in [-0.3, -0.25) is 4.79 Å². The number of fused-ring (bicyclic) bond motifs is 1. The third kappa shape index (κ3) is 4.58. The van der Waals surface area contributed by atoms with E-state index < -0.39 is 24.5 Å². The molecule has 0 aliphatic rings. The molecule has 0 saturated heterocycles. The van der Waals surface area contributed by atoms with E-state index >= 15 is 0 Å². The summed E-state index contributed by atoms with van der Waals surface area (Å²) in [4.78, 5) is 19.4. The van der Waals surface area contributed by atoms with Crippen LogP contribution in [0.15, 0.2) is 30.3 Å². The minimum absolute atomic E-state index is 0.0930. The normalized spacial score (nSPS) is 11.5. The number of rotatable bonds is 5. The summed E-state index contributed by atoms with van der Waals surface area (Å²) in [6.07, 6.45) is -4.53. The van der Waals surface area contributed by atoms with Crippen molar-refractivity contribution in [3.05, 3.63) is 53.1 Å². The number of carbonyl (C=O) groups is 1. The van der Waals surface area contributed by atoms with Crippen LogP contribution < -0.4 is 15.8 Å². The predicted octanol–water partition coefficient (Wildman–Crippen LogP) is 4.01. The topological polar surface area (TPSA) is 90.1 Å². The van der Waals surface area contributed by atoms with Gasteiger partial charge in [-0.2, -0.15) is 13.2 Å². The zero-order chi connectivity index (χ0) is 20.5. The highest BCUT2D eigenvalue weighted by atomic mass is 35.5. The molecule has 0 fully saturated rings. The first-order chi connectivity index (χ1) is 13.1. The number of nitrogens with two attached hydrogens (primary N) is 1. The largest absolute Gasteiger partial charge is 0.483 e. The van der Waals surface area contributed by atoms with Gasteiger partial charge in [-0.1, -0.05) is 11.6 Å². The first-order valence-corrected chi connectivity index (χ1v) is 7.95. The number of alkyl halides is 3.